The van der Waals surface area contributed by atoms with Gasteiger partial charge in [-0.15, -0.1) is 0 Å². The van der Waals surface area contributed by atoms with E-state index in [1.807, 2.05) is 0 Å². The van der Waals surface area contributed by atoms with Gasteiger partial charge in [-0.3, -0.25) is 9.59 Å². The lowest BCUT2D eigenvalue weighted by atomic mass is 9.76. The molecule has 2 atom stereocenters. The normalized spacial score (nSPS) is 14.4. The van der Waals surface area contributed by atoms with Crippen LogP contribution in [-0.4, -0.2) is 86.7 Å². The molecule has 13 nitrogen and oxygen atoms in total. The zero-order chi connectivity index (χ0) is 28.8. The van der Waals surface area contributed by atoms with Gasteiger partial charge in [0.05, 0.1) is 21.3 Å². The third kappa shape index (κ3) is 5.28. The maximum absolute atomic E-state index is 12.8. The van der Waals surface area contributed by atoms with Crippen molar-refractivity contribution in [3.63, 3.8) is 0 Å². The van der Waals surface area contributed by atoms with E-state index in [1.54, 1.807) is 0 Å². The number of rotatable bonds is 12. The first-order valence-electron chi connectivity index (χ1n) is 10.5. The molecule has 0 bridgehead atoms. The van der Waals surface area contributed by atoms with Crippen LogP contribution in [0.2, 0.25) is 0 Å². The van der Waals surface area contributed by atoms with Crippen LogP contribution in [0.15, 0.2) is 42.5 Å². The van der Waals surface area contributed by atoms with E-state index in [2.05, 4.69) is 0 Å². The molecule has 0 saturated heterocycles. The quantitative estimate of drug-likeness (QED) is 0.163. The molecular formula is C25H24O13. The number of carbonyl (C=O) groups is 4. The van der Waals surface area contributed by atoms with Crippen molar-refractivity contribution < 1.29 is 64.0 Å². The minimum atomic E-state index is -4.17. The van der Waals surface area contributed by atoms with Crippen LogP contribution in [0.3, 0.4) is 0 Å². The van der Waals surface area contributed by atoms with Crippen molar-refractivity contribution in [1.82, 2.24) is 0 Å². The van der Waals surface area contributed by atoms with E-state index in [1.165, 1.54) is 51.7 Å². The molecule has 0 aliphatic heterocycles. The van der Waals surface area contributed by atoms with Crippen LogP contribution in [0.5, 0.6) is 28.7 Å². The number of methoxy groups -OCH3 is 3. The third-order valence-corrected chi connectivity index (χ3v) is 5.42. The van der Waals surface area contributed by atoms with E-state index in [9.17, 15) is 49.8 Å². The number of hydrogen-bond donors (Lipinski definition) is 6. The highest BCUT2D eigenvalue weighted by molar-refractivity contribution is 6.27. The van der Waals surface area contributed by atoms with E-state index in [0.717, 1.165) is 12.2 Å². The molecule has 0 saturated carbocycles. The first-order valence-corrected chi connectivity index (χ1v) is 10.5. The van der Waals surface area contributed by atoms with E-state index in [0.29, 0.717) is 12.2 Å². The highest BCUT2D eigenvalue weighted by atomic mass is 16.5. The summed E-state index contributed by atoms with van der Waals surface area (Å²) >= 11 is 0. The van der Waals surface area contributed by atoms with E-state index >= 15 is 0 Å². The number of aliphatic carboxylic acids is 2. The Bertz CT molecular complexity index is 1300. The fraction of sp³-hybridized carbons (Fsp3) is 0.200. The summed E-state index contributed by atoms with van der Waals surface area (Å²) in [5, 5.41) is 60.2. The Morgan fingerprint density at radius 3 is 1.47 bits per heavy atom. The summed E-state index contributed by atoms with van der Waals surface area (Å²) in [5.74, 6) is -9.61. The van der Waals surface area contributed by atoms with Crippen LogP contribution in [0.25, 0.3) is 12.2 Å². The number of phenolic OH excluding ortho intramolecular Hbond substituents is 2. The van der Waals surface area contributed by atoms with Gasteiger partial charge in [-0.05, 0) is 47.5 Å². The molecule has 2 aromatic rings. The molecule has 6 N–H and O–H groups in total. The van der Waals surface area contributed by atoms with Crippen molar-refractivity contribution in [3.05, 3.63) is 53.6 Å². The summed E-state index contributed by atoms with van der Waals surface area (Å²) in [7, 11) is 3.68. The molecule has 0 spiro atoms. The fourth-order valence-electron chi connectivity index (χ4n) is 3.27. The maximum atomic E-state index is 12.8. The molecule has 0 aromatic heterocycles. The Hall–Kier alpha value is -4.88. The van der Waals surface area contributed by atoms with Crippen molar-refractivity contribution in [2.45, 2.75) is 11.2 Å². The lowest BCUT2D eigenvalue weighted by Crippen LogP contribution is -2.71. The van der Waals surface area contributed by atoms with E-state index in [-0.39, 0.29) is 39.9 Å². The number of aliphatic hydroxyl groups is 2. The Morgan fingerprint density at radius 1 is 0.684 bits per heavy atom. The Balaban J connectivity index is 2.53. The molecular weight excluding hydrogens is 508 g/mol. The highest BCUT2D eigenvalue weighted by Crippen LogP contribution is 2.37. The van der Waals surface area contributed by atoms with Crippen LogP contribution < -0.4 is 14.2 Å². The van der Waals surface area contributed by atoms with Crippen LogP contribution in [0.1, 0.15) is 11.1 Å². The largest absolute Gasteiger partial charge is 0.504 e. The standard InChI is InChI=1S/C25H24O13/c1-36-16-10-13(4-7-15(16)26)5-8-19(27)24(34,22(30)31)25(35,23(32)33)20(28)9-6-14-11-17(37-2)21(29)18(12-14)38-3/h4-12,26,29,34-35H,1-3H3,(H,30,31)(H,32,33)/b8-5+,9-6+. The van der Waals surface area contributed by atoms with Gasteiger partial charge in [0, 0.05) is 0 Å². The summed E-state index contributed by atoms with van der Waals surface area (Å²) < 4.78 is 14.8. The molecule has 0 radical (unpaired) electrons. The smallest absolute Gasteiger partial charge is 0.348 e. The van der Waals surface area contributed by atoms with Crippen LogP contribution in [0, 0.1) is 0 Å². The zero-order valence-corrected chi connectivity index (χ0v) is 20.2. The van der Waals surface area contributed by atoms with Crippen molar-refractivity contribution >= 4 is 35.7 Å². The van der Waals surface area contributed by atoms with Crippen molar-refractivity contribution in [2.24, 2.45) is 0 Å². The monoisotopic (exact) mass is 532 g/mol. The molecule has 0 heterocycles. The summed E-state index contributed by atoms with van der Waals surface area (Å²) in [4.78, 5) is 49.5. The second-order valence-corrected chi connectivity index (χ2v) is 7.63. The van der Waals surface area contributed by atoms with Gasteiger partial charge in [-0.2, -0.15) is 0 Å². The van der Waals surface area contributed by atoms with Gasteiger partial charge in [0.25, 0.3) is 11.2 Å². The maximum Gasteiger partial charge on any atom is 0.348 e. The van der Waals surface area contributed by atoms with Gasteiger partial charge in [-0.1, -0.05) is 18.2 Å². The van der Waals surface area contributed by atoms with Gasteiger partial charge in [0.15, 0.2) is 23.0 Å². The summed E-state index contributed by atoms with van der Waals surface area (Å²) in [6, 6.07) is 6.09. The van der Waals surface area contributed by atoms with E-state index in [4.69, 9.17) is 14.2 Å². The topological polar surface area (TPSA) is 217 Å². The molecule has 0 fully saturated rings. The SMILES string of the molecule is COc1cc(/C=C/C(=O)C(O)(C(=O)O)C(O)(C(=O)O)C(=O)/C=C/c2cc(OC)c(O)c(OC)c2)ccc1O. The molecule has 2 rings (SSSR count). The first-order chi connectivity index (χ1) is 17.8. The second-order valence-electron chi connectivity index (χ2n) is 7.63. The zero-order valence-electron chi connectivity index (χ0n) is 20.2. The van der Waals surface area contributed by atoms with Crippen molar-refractivity contribution in [2.75, 3.05) is 21.3 Å². The number of carboxylic acids is 2. The average Bonchev–Trinajstić information content (AvgIpc) is 2.89. The summed E-state index contributed by atoms with van der Waals surface area (Å²) in [6.07, 6.45) is 2.72. The number of aromatic hydroxyl groups is 2. The lowest BCUT2D eigenvalue weighted by Gasteiger charge is -2.33. The number of ketones is 2. The second kappa shape index (κ2) is 11.5. The molecule has 2 aromatic carbocycles. The van der Waals surface area contributed by atoms with Gasteiger partial charge >= 0.3 is 11.9 Å². The molecule has 13 heteroatoms. The molecule has 2 unspecified atom stereocenters. The molecule has 202 valence electrons. The third-order valence-electron chi connectivity index (χ3n) is 5.42. The fourth-order valence-corrected chi connectivity index (χ4v) is 3.27. The lowest BCUT2D eigenvalue weighted by molar-refractivity contribution is -0.204. The van der Waals surface area contributed by atoms with Crippen LogP contribution in [-0.2, 0) is 19.2 Å². The summed E-state index contributed by atoms with van der Waals surface area (Å²) in [6.45, 7) is 0. The van der Waals surface area contributed by atoms with Gasteiger partial charge in [0.1, 0.15) is 0 Å². The molecule has 38 heavy (non-hydrogen) atoms. The number of carbonyl (C=O) groups excluding carboxylic acids is 2. The minimum absolute atomic E-state index is 0.0158. The Kier molecular flexibility index (Phi) is 8.84. The predicted octanol–water partition coefficient (Wildman–Crippen LogP) is 0.620. The van der Waals surface area contributed by atoms with Gasteiger partial charge in [-0.25, -0.2) is 9.59 Å². The number of hydrogen-bond acceptors (Lipinski definition) is 11. The Labute approximate surface area is 215 Å². The van der Waals surface area contributed by atoms with Crippen molar-refractivity contribution in [3.8, 4) is 28.7 Å². The molecule has 0 aliphatic rings. The van der Waals surface area contributed by atoms with Gasteiger partial charge < -0.3 is 44.8 Å². The molecule has 0 aliphatic carbocycles. The molecule has 0 amide bonds. The number of benzene rings is 2. The van der Waals surface area contributed by atoms with E-state index < -0.39 is 34.7 Å². The number of ether oxygens (including phenoxy) is 3. The number of phenols is 2. The summed E-state index contributed by atoms with van der Waals surface area (Å²) in [5.41, 5.74) is -8.11. The van der Waals surface area contributed by atoms with Crippen LogP contribution in [0.4, 0.5) is 0 Å². The average molecular weight is 532 g/mol. The van der Waals surface area contributed by atoms with Crippen molar-refractivity contribution in [1.29, 1.82) is 0 Å². The first kappa shape index (κ1) is 29.4. The predicted molar refractivity (Wildman–Crippen MR) is 129 cm³/mol. The minimum Gasteiger partial charge on any atom is -0.504 e. The Morgan fingerprint density at radius 2 is 1.08 bits per heavy atom. The van der Waals surface area contributed by atoms with Gasteiger partial charge in [0.2, 0.25) is 17.3 Å². The highest BCUT2D eigenvalue weighted by Gasteiger charge is 2.68. The van der Waals surface area contributed by atoms with Crippen LogP contribution >= 0.6 is 0 Å². The number of carboxylic acid groups (broad SMARTS) is 2.